The van der Waals surface area contributed by atoms with Crippen molar-refractivity contribution in [3.8, 4) is 11.6 Å². The Balaban J connectivity index is 1.98. The molecule has 0 amide bonds. The molecule has 0 aromatic carbocycles. The van der Waals surface area contributed by atoms with E-state index in [1.165, 1.54) is 0 Å². The maximum absolute atomic E-state index is 5.64. The monoisotopic (exact) mass is 335 g/mol. The lowest BCUT2D eigenvalue weighted by molar-refractivity contribution is 0.423. The van der Waals surface area contributed by atoms with Crippen LogP contribution in [-0.4, -0.2) is 15.5 Å². The van der Waals surface area contributed by atoms with Crippen LogP contribution in [0.15, 0.2) is 41.3 Å². The van der Waals surface area contributed by atoms with E-state index >= 15 is 0 Å². The summed E-state index contributed by atoms with van der Waals surface area (Å²) >= 11 is 3.35. The van der Waals surface area contributed by atoms with E-state index in [2.05, 4.69) is 52.0 Å². The molecule has 4 nitrogen and oxygen atoms in total. The number of nitrogens with one attached hydrogen (secondary N) is 1. The number of hydrogen-bond donors (Lipinski definition) is 1. The van der Waals surface area contributed by atoms with Gasteiger partial charge in [-0.15, -0.1) is 0 Å². The summed E-state index contributed by atoms with van der Waals surface area (Å²) < 4.78 is 6.51. The molecule has 0 unspecified atom stereocenters. The van der Waals surface area contributed by atoms with E-state index in [1.54, 1.807) is 12.4 Å². The molecule has 0 aliphatic heterocycles. The predicted octanol–water partition coefficient (Wildman–Crippen LogP) is 3.92. The Morgan fingerprint density at radius 3 is 2.60 bits per heavy atom. The van der Waals surface area contributed by atoms with Gasteiger partial charge >= 0.3 is 0 Å². The molecule has 106 valence electrons. The second-order valence-electron chi connectivity index (χ2n) is 5.55. The third-order valence-electron chi connectivity index (χ3n) is 2.52. The second kappa shape index (κ2) is 6.33. The van der Waals surface area contributed by atoms with Crippen molar-refractivity contribution in [2.45, 2.75) is 32.9 Å². The zero-order valence-corrected chi connectivity index (χ0v) is 13.4. The third kappa shape index (κ3) is 4.90. The van der Waals surface area contributed by atoms with Crippen LogP contribution in [0.5, 0.6) is 11.6 Å². The molecule has 0 atom stereocenters. The lowest BCUT2D eigenvalue weighted by Gasteiger charge is -2.20. The van der Waals surface area contributed by atoms with Gasteiger partial charge in [0, 0.05) is 35.0 Å². The van der Waals surface area contributed by atoms with E-state index in [0.29, 0.717) is 11.6 Å². The molecule has 2 aromatic rings. The number of pyridine rings is 2. The van der Waals surface area contributed by atoms with E-state index in [1.807, 2.05) is 24.4 Å². The molecule has 0 radical (unpaired) electrons. The Hall–Kier alpha value is -1.46. The molecule has 0 saturated heterocycles. The fourth-order valence-corrected chi connectivity index (χ4v) is 1.86. The van der Waals surface area contributed by atoms with Gasteiger partial charge < -0.3 is 10.1 Å². The Morgan fingerprint density at radius 1 is 1.20 bits per heavy atom. The molecular weight excluding hydrogens is 318 g/mol. The van der Waals surface area contributed by atoms with Crippen molar-refractivity contribution in [1.29, 1.82) is 0 Å². The third-order valence-corrected chi connectivity index (χ3v) is 2.96. The molecule has 0 aliphatic rings. The fraction of sp³-hybridized carbons (Fsp3) is 0.333. The maximum Gasteiger partial charge on any atom is 0.219 e. The molecule has 0 spiro atoms. The number of nitrogens with zero attached hydrogens (tertiary/aromatic N) is 2. The van der Waals surface area contributed by atoms with Crippen molar-refractivity contribution in [3.05, 3.63) is 46.8 Å². The zero-order chi connectivity index (χ0) is 14.6. The molecule has 0 fully saturated rings. The summed E-state index contributed by atoms with van der Waals surface area (Å²) in [6, 6.07) is 5.72. The van der Waals surface area contributed by atoms with Crippen molar-refractivity contribution in [2.75, 3.05) is 0 Å². The standard InChI is InChI=1S/C15H18BrN3O/c1-15(2,3)19-8-11-4-5-14(18-7-11)20-13-6-12(16)9-17-10-13/h4-7,9-10,19H,8H2,1-3H3. The van der Waals surface area contributed by atoms with Gasteiger partial charge in [0.25, 0.3) is 0 Å². The molecular formula is C15H18BrN3O. The molecule has 5 heteroatoms. The number of hydrogen-bond acceptors (Lipinski definition) is 4. The van der Waals surface area contributed by atoms with Crippen molar-refractivity contribution in [1.82, 2.24) is 15.3 Å². The van der Waals surface area contributed by atoms with Crippen LogP contribution in [0.25, 0.3) is 0 Å². The molecule has 2 aromatic heterocycles. The topological polar surface area (TPSA) is 47.0 Å². The van der Waals surface area contributed by atoms with Crippen molar-refractivity contribution in [2.24, 2.45) is 0 Å². The lowest BCUT2D eigenvalue weighted by Crippen LogP contribution is -2.35. The first kappa shape index (κ1) is 14.9. The first-order chi connectivity index (χ1) is 9.42. The predicted molar refractivity (Wildman–Crippen MR) is 82.8 cm³/mol. The number of ether oxygens (including phenoxy) is 1. The Kier molecular flexibility index (Phi) is 4.73. The molecule has 0 aliphatic carbocycles. The molecule has 2 heterocycles. The van der Waals surface area contributed by atoms with Crippen LogP contribution in [0.1, 0.15) is 26.3 Å². The summed E-state index contributed by atoms with van der Waals surface area (Å²) in [5, 5.41) is 3.42. The van der Waals surface area contributed by atoms with Gasteiger partial charge in [0.05, 0.1) is 6.20 Å². The number of rotatable bonds is 4. The zero-order valence-electron chi connectivity index (χ0n) is 11.9. The highest BCUT2D eigenvalue weighted by atomic mass is 79.9. The SMILES string of the molecule is CC(C)(C)NCc1ccc(Oc2cncc(Br)c2)nc1. The van der Waals surface area contributed by atoms with Crippen LogP contribution >= 0.6 is 15.9 Å². The Labute approximate surface area is 127 Å². The summed E-state index contributed by atoms with van der Waals surface area (Å²) in [6.45, 7) is 7.20. The minimum Gasteiger partial charge on any atom is -0.437 e. The molecule has 0 bridgehead atoms. The minimum absolute atomic E-state index is 0.0944. The van der Waals surface area contributed by atoms with Crippen molar-refractivity contribution >= 4 is 15.9 Å². The first-order valence-electron chi connectivity index (χ1n) is 6.41. The Morgan fingerprint density at radius 2 is 2.00 bits per heavy atom. The van der Waals surface area contributed by atoms with Gasteiger partial charge in [0.1, 0.15) is 5.75 Å². The van der Waals surface area contributed by atoms with Gasteiger partial charge in [-0.1, -0.05) is 6.07 Å². The van der Waals surface area contributed by atoms with Gasteiger partial charge in [-0.25, -0.2) is 4.98 Å². The summed E-state index contributed by atoms with van der Waals surface area (Å²) in [7, 11) is 0. The highest BCUT2D eigenvalue weighted by Crippen LogP contribution is 2.21. The van der Waals surface area contributed by atoms with Crippen LogP contribution in [0.2, 0.25) is 0 Å². The molecule has 2 rings (SSSR count). The van der Waals surface area contributed by atoms with Crippen molar-refractivity contribution < 1.29 is 4.74 Å². The summed E-state index contributed by atoms with van der Waals surface area (Å²) in [5.41, 5.74) is 1.22. The van der Waals surface area contributed by atoms with Gasteiger partial charge in [0.15, 0.2) is 0 Å². The van der Waals surface area contributed by atoms with Crippen LogP contribution in [0, 0.1) is 0 Å². The van der Waals surface area contributed by atoms with Gasteiger partial charge in [-0.3, -0.25) is 4.98 Å². The summed E-state index contributed by atoms with van der Waals surface area (Å²) in [5.74, 6) is 1.22. The van der Waals surface area contributed by atoms with E-state index in [0.717, 1.165) is 16.6 Å². The largest absolute Gasteiger partial charge is 0.437 e. The van der Waals surface area contributed by atoms with E-state index in [9.17, 15) is 0 Å². The highest BCUT2D eigenvalue weighted by molar-refractivity contribution is 9.10. The normalized spacial score (nSPS) is 11.4. The lowest BCUT2D eigenvalue weighted by atomic mass is 10.1. The van der Waals surface area contributed by atoms with Crippen molar-refractivity contribution in [3.63, 3.8) is 0 Å². The van der Waals surface area contributed by atoms with Crippen LogP contribution in [-0.2, 0) is 6.54 Å². The molecule has 1 N–H and O–H groups in total. The summed E-state index contributed by atoms with van der Waals surface area (Å²) in [4.78, 5) is 8.34. The number of aromatic nitrogens is 2. The Bertz CT molecular complexity index is 564. The molecule has 20 heavy (non-hydrogen) atoms. The fourth-order valence-electron chi connectivity index (χ4n) is 1.51. The molecule has 0 saturated carbocycles. The quantitative estimate of drug-likeness (QED) is 0.919. The van der Waals surface area contributed by atoms with E-state index in [4.69, 9.17) is 4.74 Å². The van der Waals surface area contributed by atoms with Crippen LogP contribution < -0.4 is 10.1 Å². The average molecular weight is 336 g/mol. The van der Waals surface area contributed by atoms with Gasteiger partial charge in [0.2, 0.25) is 5.88 Å². The first-order valence-corrected chi connectivity index (χ1v) is 7.20. The minimum atomic E-state index is 0.0944. The summed E-state index contributed by atoms with van der Waals surface area (Å²) in [6.07, 6.45) is 5.18. The second-order valence-corrected chi connectivity index (χ2v) is 6.46. The smallest absolute Gasteiger partial charge is 0.219 e. The van der Waals surface area contributed by atoms with Gasteiger partial charge in [-0.2, -0.15) is 0 Å². The van der Waals surface area contributed by atoms with Crippen LogP contribution in [0.3, 0.4) is 0 Å². The number of halogens is 1. The maximum atomic E-state index is 5.64. The van der Waals surface area contributed by atoms with Crippen LogP contribution in [0.4, 0.5) is 0 Å². The highest BCUT2D eigenvalue weighted by Gasteiger charge is 2.08. The average Bonchev–Trinajstić information content (AvgIpc) is 2.37. The van der Waals surface area contributed by atoms with E-state index in [-0.39, 0.29) is 5.54 Å². The van der Waals surface area contributed by atoms with E-state index < -0.39 is 0 Å². The van der Waals surface area contributed by atoms with Gasteiger partial charge in [-0.05, 0) is 48.3 Å².